The van der Waals surface area contributed by atoms with E-state index < -0.39 is 0 Å². The summed E-state index contributed by atoms with van der Waals surface area (Å²) in [6.07, 6.45) is 0. The first kappa shape index (κ1) is 22.0. The number of ether oxygens (including phenoxy) is 1. The maximum Gasteiger partial charge on any atom is 0.264 e. The lowest BCUT2D eigenvalue weighted by Crippen LogP contribution is -2.48. The minimum atomic E-state index is -0.207. The number of nitrogens with zero attached hydrogens (tertiary/aromatic N) is 2. The number of piperazine rings is 1. The monoisotopic (exact) mass is 471 g/mol. The van der Waals surface area contributed by atoms with Crippen LogP contribution in [-0.4, -0.2) is 49.5 Å². The van der Waals surface area contributed by atoms with E-state index in [9.17, 15) is 9.59 Å². The maximum atomic E-state index is 12.5. The van der Waals surface area contributed by atoms with E-state index in [1.807, 2.05) is 89.1 Å². The molecule has 0 unspecified atom stereocenters. The molecule has 0 spiro atoms. The van der Waals surface area contributed by atoms with E-state index in [1.54, 1.807) is 0 Å². The second-order valence-corrected chi connectivity index (χ2v) is 9.10. The third-order valence-corrected chi connectivity index (χ3v) is 6.76. The summed E-state index contributed by atoms with van der Waals surface area (Å²) in [5.41, 5.74) is 1.80. The Kier molecular flexibility index (Phi) is 6.44. The first-order valence-electron chi connectivity index (χ1n) is 11.2. The number of amides is 2. The molecule has 2 amide bonds. The smallest absolute Gasteiger partial charge is 0.264 e. The van der Waals surface area contributed by atoms with Gasteiger partial charge in [0.1, 0.15) is 5.75 Å². The fraction of sp³-hybridized carbons (Fsp3) is 0.185. The van der Waals surface area contributed by atoms with Crippen LogP contribution in [0.3, 0.4) is 0 Å². The quantitative estimate of drug-likeness (QED) is 0.435. The molecule has 5 rings (SSSR count). The summed E-state index contributed by atoms with van der Waals surface area (Å²) in [4.78, 5) is 29.8. The number of benzene rings is 3. The Hall–Kier alpha value is -3.84. The largest absolute Gasteiger partial charge is 0.484 e. The van der Waals surface area contributed by atoms with Gasteiger partial charge in [0, 0.05) is 37.6 Å². The van der Waals surface area contributed by atoms with Crippen molar-refractivity contribution < 1.29 is 14.3 Å². The van der Waals surface area contributed by atoms with Crippen molar-refractivity contribution >= 4 is 45.3 Å². The molecule has 0 saturated carbocycles. The molecule has 0 radical (unpaired) electrons. The topological polar surface area (TPSA) is 61.9 Å². The first-order valence-corrected chi connectivity index (χ1v) is 12.1. The van der Waals surface area contributed by atoms with E-state index in [1.165, 1.54) is 11.3 Å². The van der Waals surface area contributed by atoms with Gasteiger partial charge in [0.25, 0.3) is 11.8 Å². The number of hydrogen-bond donors (Lipinski definition) is 1. The highest BCUT2D eigenvalue weighted by Gasteiger charge is 2.22. The number of anilines is 2. The van der Waals surface area contributed by atoms with E-state index in [0.717, 1.165) is 40.1 Å². The number of hydrogen-bond acceptors (Lipinski definition) is 5. The van der Waals surface area contributed by atoms with Gasteiger partial charge >= 0.3 is 0 Å². The van der Waals surface area contributed by atoms with E-state index in [0.29, 0.717) is 18.8 Å². The summed E-state index contributed by atoms with van der Waals surface area (Å²) in [5, 5.41) is 7.02. The lowest BCUT2D eigenvalue weighted by molar-refractivity contribution is -0.118. The van der Waals surface area contributed by atoms with Gasteiger partial charge in [-0.1, -0.05) is 36.4 Å². The number of nitrogens with one attached hydrogen (secondary N) is 1. The molecule has 1 saturated heterocycles. The summed E-state index contributed by atoms with van der Waals surface area (Å²) in [6, 6.07) is 25.4. The van der Waals surface area contributed by atoms with Crippen molar-refractivity contribution in [3.05, 3.63) is 89.1 Å². The minimum absolute atomic E-state index is 0.0552. The SMILES string of the molecule is O=C(COc1ccc2ccccc2c1)Nc1ccc(N2CCN(C(=O)c3cccs3)CC2)cc1. The Morgan fingerprint density at radius 2 is 1.62 bits per heavy atom. The van der Waals surface area contributed by atoms with Gasteiger partial charge in [-0.2, -0.15) is 0 Å². The summed E-state index contributed by atoms with van der Waals surface area (Å²) < 4.78 is 5.67. The molecule has 6 nitrogen and oxygen atoms in total. The predicted molar refractivity (Wildman–Crippen MR) is 137 cm³/mol. The van der Waals surface area contributed by atoms with Crippen molar-refractivity contribution in [3.8, 4) is 5.75 Å². The highest BCUT2D eigenvalue weighted by molar-refractivity contribution is 7.12. The molecule has 4 aromatic rings. The Morgan fingerprint density at radius 3 is 2.35 bits per heavy atom. The molecule has 0 aliphatic carbocycles. The van der Waals surface area contributed by atoms with Gasteiger partial charge in [-0.05, 0) is 58.6 Å². The zero-order valence-corrected chi connectivity index (χ0v) is 19.5. The average Bonchev–Trinajstić information content (AvgIpc) is 3.43. The molecule has 1 aliphatic rings. The van der Waals surface area contributed by atoms with Crippen molar-refractivity contribution in [2.24, 2.45) is 0 Å². The van der Waals surface area contributed by atoms with Crippen molar-refractivity contribution in [2.75, 3.05) is 43.0 Å². The fourth-order valence-corrected chi connectivity index (χ4v) is 4.77. The lowest BCUT2D eigenvalue weighted by atomic mass is 10.1. The molecular formula is C27H25N3O3S. The van der Waals surface area contributed by atoms with Gasteiger partial charge in [0.05, 0.1) is 4.88 Å². The zero-order chi connectivity index (χ0) is 23.3. The second-order valence-electron chi connectivity index (χ2n) is 8.15. The number of carbonyl (C=O) groups excluding carboxylic acids is 2. The van der Waals surface area contributed by atoms with E-state index >= 15 is 0 Å². The van der Waals surface area contributed by atoms with Crippen LogP contribution in [0, 0.1) is 0 Å². The molecule has 1 N–H and O–H groups in total. The summed E-state index contributed by atoms with van der Waals surface area (Å²) in [7, 11) is 0. The standard InChI is InChI=1S/C27H25N3O3S/c31-26(19-33-24-12-7-20-4-1-2-5-21(20)18-24)28-22-8-10-23(11-9-22)29-13-15-30(16-14-29)27(32)25-6-3-17-34-25/h1-12,17-18H,13-16,19H2,(H,28,31). The van der Waals surface area contributed by atoms with Crippen molar-refractivity contribution in [3.63, 3.8) is 0 Å². The van der Waals surface area contributed by atoms with Gasteiger partial charge in [-0.25, -0.2) is 0 Å². The Morgan fingerprint density at radius 1 is 0.853 bits per heavy atom. The Labute approximate surface area is 202 Å². The molecular weight excluding hydrogens is 446 g/mol. The van der Waals surface area contributed by atoms with Crippen LogP contribution in [0.5, 0.6) is 5.75 Å². The van der Waals surface area contributed by atoms with Crippen molar-refractivity contribution in [2.45, 2.75) is 0 Å². The summed E-state index contributed by atoms with van der Waals surface area (Å²) in [5.74, 6) is 0.570. The highest BCUT2D eigenvalue weighted by atomic mass is 32.1. The summed E-state index contributed by atoms with van der Waals surface area (Å²) in [6.45, 7) is 2.90. The molecule has 1 aromatic heterocycles. The van der Waals surface area contributed by atoms with Crippen LogP contribution in [0.4, 0.5) is 11.4 Å². The molecule has 34 heavy (non-hydrogen) atoms. The molecule has 3 aromatic carbocycles. The van der Waals surface area contributed by atoms with Crippen LogP contribution >= 0.6 is 11.3 Å². The molecule has 7 heteroatoms. The number of carbonyl (C=O) groups is 2. The van der Waals surface area contributed by atoms with Crippen LogP contribution in [0.1, 0.15) is 9.67 Å². The van der Waals surface area contributed by atoms with Gasteiger partial charge < -0.3 is 19.9 Å². The first-order chi connectivity index (χ1) is 16.7. The van der Waals surface area contributed by atoms with Crippen LogP contribution in [-0.2, 0) is 4.79 Å². The highest BCUT2D eigenvalue weighted by Crippen LogP contribution is 2.22. The van der Waals surface area contributed by atoms with E-state index in [2.05, 4.69) is 10.2 Å². The summed E-state index contributed by atoms with van der Waals surface area (Å²) >= 11 is 1.48. The molecule has 0 atom stereocenters. The average molecular weight is 472 g/mol. The third-order valence-electron chi connectivity index (χ3n) is 5.91. The number of thiophene rings is 1. The predicted octanol–water partition coefficient (Wildman–Crippen LogP) is 4.88. The van der Waals surface area contributed by atoms with Crippen LogP contribution in [0.25, 0.3) is 10.8 Å². The maximum absolute atomic E-state index is 12.5. The van der Waals surface area contributed by atoms with Crippen LogP contribution in [0.2, 0.25) is 0 Å². The molecule has 172 valence electrons. The van der Waals surface area contributed by atoms with Gasteiger partial charge in [-0.15, -0.1) is 11.3 Å². The Bertz CT molecular complexity index is 1280. The fourth-order valence-electron chi connectivity index (χ4n) is 4.08. The normalized spacial score (nSPS) is 13.6. The molecule has 0 bridgehead atoms. The zero-order valence-electron chi connectivity index (χ0n) is 18.6. The minimum Gasteiger partial charge on any atom is -0.484 e. The van der Waals surface area contributed by atoms with Crippen molar-refractivity contribution in [1.82, 2.24) is 4.90 Å². The van der Waals surface area contributed by atoms with E-state index in [-0.39, 0.29) is 18.4 Å². The number of fused-ring (bicyclic) bond motifs is 1. The Balaban J connectivity index is 1.11. The molecule has 1 fully saturated rings. The van der Waals surface area contributed by atoms with E-state index in [4.69, 9.17) is 4.74 Å². The van der Waals surface area contributed by atoms with Crippen molar-refractivity contribution in [1.29, 1.82) is 0 Å². The molecule has 2 heterocycles. The van der Waals surface area contributed by atoms with Gasteiger partial charge in [0.2, 0.25) is 0 Å². The number of rotatable bonds is 6. The van der Waals surface area contributed by atoms with Crippen LogP contribution < -0.4 is 15.0 Å². The van der Waals surface area contributed by atoms with Crippen LogP contribution in [0.15, 0.2) is 84.2 Å². The third kappa shape index (κ3) is 5.05. The van der Waals surface area contributed by atoms with Gasteiger partial charge in [-0.3, -0.25) is 9.59 Å². The second kappa shape index (κ2) is 9.97. The van der Waals surface area contributed by atoms with Gasteiger partial charge in [0.15, 0.2) is 6.61 Å². The lowest BCUT2D eigenvalue weighted by Gasteiger charge is -2.36. The molecule has 1 aliphatic heterocycles.